The zero-order valence-corrected chi connectivity index (χ0v) is 20.1. The van der Waals surface area contributed by atoms with Crippen molar-refractivity contribution in [2.75, 3.05) is 30.6 Å². The fourth-order valence-electron chi connectivity index (χ4n) is 4.64. The molecule has 1 saturated heterocycles. The second-order valence-electron chi connectivity index (χ2n) is 8.35. The number of carbonyl (C=O) groups is 3. The van der Waals surface area contributed by atoms with Crippen molar-refractivity contribution in [3.8, 4) is 6.07 Å². The second-order valence-corrected chi connectivity index (χ2v) is 8.35. The number of methoxy groups -OCH3 is 2. The Balaban J connectivity index is 1.90. The molecule has 9 heteroatoms. The topological polar surface area (TPSA) is 126 Å². The van der Waals surface area contributed by atoms with Crippen LogP contribution < -0.4 is 15.5 Å². The van der Waals surface area contributed by atoms with E-state index in [-0.39, 0.29) is 28.6 Å². The molecule has 2 aromatic carbocycles. The van der Waals surface area contributed by atoms with Crippen LogP contribution in [-0.2, 0) is 23.9 Å². The minimum atomic E-state index is -0.931. The molecule has 0 bridgehead atoms. The first-order chi connectivity index (χ1) is 17.4. The third kappa shape index (κ3) is 4.29. The molecule has 2 heterocycles. The minimum Gasteiger partial charge on any atom is -0.466 e. The highest BCUT2D eigenvalue weighted by atomic mass is 16.5. The summed E-state index contributed by atoms with van der Waals surface area (Å²) in [5.74, 6) is -2.50. The van der Waals surface area contributed by atoms with E-state index in [1.54, 1.807) is 59.5 Å². The predicted molar refractivity (Wildman–Crippen MR) is 132 cm³/mol. The van der Waals surface area contributed by atoms with Gasteiger partial charge < -0.3 is 20.1 Å². The zero-order valence-electron chi connectivity index (χ0n) is 20.1. The number of rotatable bonds is 5. The largest absolute Gasteiger partial charge is 0.466 e. The van der Waals surface area contributed by atoms with Gasteiger partial charge in [0.15, 0.2) is 0 Å². The minimum absolute atomic E-state index is 0.0128. The Hall–Kier alpha value is -4.58. The molecule has 0 saturated carbocycles. The van der Waals surface area contributed by atoms with Gasteiger partial charge in [0.2, 0.25) is 5.91 Å². The van der Waals surface area contributed by atoms with Crippen molar-refractivity contribution in [2.24, 2.45) is 5.73 Å². The fourth-order valence-corrected chi connectivity index (χ4v) is 4.64. The number of ether oxygens (including phenoxy) is 2. The highest BCUT2D eigenvalue weighted by Gasteiger charge is 2.43. The lowest BCUT2D eigenvalue weighted by Gasteiger charge is -2.36. The summed E-state index contributed by atoms with van der Waals surface area (Å²) >= 11 is 0. The first-order valence-electron chi connectivity index (χ1n) is 11.5. The number of nitriles is 1. The molecule has 2 aromatic rings. The number of carbonyl (C=O) groups excluding carboxylic acids is 3. The standard InChI is InChI=1S/C27H26N4O5/c1-35-26(33)23-22(17-8-4-3-5-9-17)20(16-28)25(29)31(24(23)27(34)36-2)19-13-11-18(12-14-19)30-15-7-6-10-21(30)32/h3-5,8-9,11-14,22H,6-7,10,15,29H2,1-2H3. The van der Waals surface area contributed by atoms with Crippen molar-refractivity contribution in [1.82, 2.24) is 0 Å². The summed E-state index contributed by atoms with van der Waals surface area (Å²) in [5.41, 5.74) is 8.12. The fraction of sp³-hybridized carbons (Fsp3) is 0.259. The number of nitrogens with two attached hydrogens (primary N) is 1. The molecule has 0 aromatic heterocycles. The summed E-state index contributed by atoms with van der Waals surface area (Å²) in [5, 5.41) is 10.1. The lowest BCUT2D eigenvalue weighted by Crippen LogP contribution is -2.40. The van der Waals surface area contributed by atoms with Gasteiger partial charge >= 0.3 is 11.9 Å². The average Bonchev–Trinajstić information content (AvgIpc) is 2.92. The number of nitrogens with zero attached hydrogens (tertiary/aromatic N) is 3. The Morgan fingerprint density at radius 3 is 2.19 bits per heavy atom. The Bertz CT molecular complexity index is 1290. The first-order valence-corrected chi connectivity index (χ1v) is 11.5. The maximum atomic E-state index is 13.1. The summed E-state index contributed by atoms with van der Waals surface area (Å²) in [7, 11) is 2.40. The second kappa shape index (κ2) is 10.4. The number of hydrogen-bond acceptors (Lipinski definition) is 8. The van der Waals surface area contributed by atoms with Crippen molar-refractivity contribution >= 4 is 29.2 Å². The first kappa shape index (κ1) is 24.5. The Labute approximate surface area is 209 Å². The average molecular weight is 487 g/mol. The van der Waals surface area contributed by atoms with Gasteiger partial charge in [0.25, 0.3) is 0 Å². The van der Waals surface area contributed by atoms with E-state index < -0.39 is 17.9 Å². The number of amides is 1. The molecule has 36 heavy (non-hydrogen) atoms. The number of piperidine rings is 1. The lowest BCUT2D eigenvalue weighted by molar-refractivity contribution is -0.139. The molecule has 1 fully saturated rings. The van der Waals surface area contributed by atoms with Crippen LogP contribution in [0, 0.1) is 11.3 Å². The molecule has 0 radical (unpaired) electrons. The molecule has 2 N–H and O–H groups in total. The summed E-state index contributed by atoms with van der Waals surface area (Å²) < 4.78 is 10.1. The van der Waals surface area contributed by atoms with E-state index in [0.29, 0.717) is 29.9 Å². The number of allylic oxidation sites excluding steroid dienone is 1. The van der Waals surface area contributed by atoms with Gasteiger partial charge in [-0.05, 0) is 42.7 Å². The normalized spacial score (nSPS) is 18.1. The Morgan fingerprint density at radius 2 is 1.61 bits per heavy atom. The van der Waals surface area contributed by atoms with E-state index in [1.807, 2.05) is 0 Å². The van der Waals surface area contributed by atoms with Crippen LogP contribution in [-0.4, -0.2) is 38.6 Å². The van der Waals surface area contributed by atoms with Gasteiger partial charge in [-0.3, -0.25) is 9.69 Å². The Morgan fingerprint density at radius 1 is 0.972 bits per heavy atom. The van der Waals surface area contributed by atoms with Crippen LogP contribution in [0.2, 0.25) is 0 Å². The maximum Gasteiger partial charge on any atom is 0.355 e. The van der Waals surface area contributed by atoms with Gasteiger partial charge in [-0.1, -0.05) is 30.3 Å². The van der Waals surface area contributed by atoms with Crippen molar-refractivity contribution in [1.29, 1.82) is 5.26 Å². The molecule has 4 rings (SSSR count). The van der Waals surface area contributed by atoms with E-state index in [9.17, 15) is 19.6 Å². The molecule has 1 unspecified atom stereocenters. The molecule has 0 aliphatic carbocycles. The molecular weight excluding hydrogens is 460 g/mol. The molecule has 0 spiro atoms. The predicted octanol–water partition coefficient (Wildman–Crippen LogP) is 3.10. The maximum absolute atomic E-state index is 13.1. The van der Waals surface area contributed by atoms with Crippen LogP contribution in [0.5, 0.6) is 0 Å². The molecule has 2 aliphatic rings. The van der Waals surface area contributed by atoms with Crippen LogP contribution in [0.15, 0.2) is 77.3 Å². The number of benzene rings is 2. The molecular formula is C27H26N4O5. The van der Waals surface area contributed by atoms with Gasteiger partial charge in [-0.2, -0.15) is 5.26 Å². The van der Waals surface area contributed by atoms with Gasteiger partial charge in [0.05, 0.1) is 37.4 Å². The van der Waals surface area contributed by atoms with Gasteiger partial charge in [-0.15, -0.1) is 0 Å². The van der Waals surface area contributed by atoms with Crippen molar-refractivity contribution in [3.63, 3.8) is 0 Å². The molecule has 1 amide bonds. The third-order valence-electron chi connectivity index (χ3n) is 6.35. The third-order valence-corrected chi connectivity index (χ3v) is 6.35. The number of esters is 2. The van der Waals surface area contributed by atoms with Crippen LogP contribution in [0.3, 0.4) is 0 Å². The van der Waals surface area contributed by atoms with E-state index in [0.717, 1.165) is 12.8 Å². The molecule has 2 aliphatic heterocycles. The monoisotopic (exact) mass is 486 g/mol. The Kier molecular flexibility index (Phi) is 7.06. The van der Waals surface area contributed by atoms with Crippen molar-refractivity contribution < 1.29 is 23.9 Å². The smallest absolute Gasteiger partial charge is 0.355 e. The molecule has 184 valence electrons. The van der Waals surface area contributed by atoms with E-state index in [2.05, 4.69) is 6.07 Å². The van der Waals surface area contributed by atoms with E-state index >= 15 is 0 Å². The van der Waals surface area contributed by atoms with Gasteiger partial charge in [0.1, 0.15) is 11.5 Å². The van der Waals surface area contributed by atoms with E-state index in [4.69, 9.17) is 15.2 Å². The summed E-state index contributed by atoms with van der Waals surface area (Å²) in [6.07, 6.45) is 2.28. The lowest BCUT2D eigenvalue weighted by atomic mass is 9.81. The SMILES string of the molecule is COC(=O)C1=C(C(=O)OC)N(c2ccc(N3CCCCC3=O)cc2)C(N)=C(C#N)C1c1ccccc1. The number of hydrogen-bond donors (Lipinski definition) is 1. The van der Waals surface area contributed by atoms with Crippen molar-refractivity contribution in [3.05, 3.63) is 82.8 Å². The van der Waals surface area contributed by atoms with Gasteiger partial charge in [-0.25, -0.2) is 9.59 Å². The highest BCUT2D eigenvalue weighted by molar-refractivity contribution is 6.06. The summed E-state index contributed by atoms with van der Waals surface area (Å²) in [4.78, 5) is 41.6. The quantitative estimate of drug-likeness (QED) is 0.639. The van der Waals surface area contributed by atoms with Crippen LogP contribution in [0.1, 0.15) is 30.7 Å². The number of anilines is 2. The highest BCUT2D eigenvalue weighted by Crippen LogP contribution is 2.43. The van der Waals surface area contributed by atoms with E-state index in [1.165, 1.54) is 19.1 Å². The zero-order chi connectivity index (χ0) is 25.8. The van der Waals surface area contributed by atoms with Gasteiger partial charge in [0, 0.05) is 24.3 Å². The molecule has 9 nitrogen and oxygen atoms in total. The summed E-state index contributed by atoms with van der Waals surface area (Å²) in [6, 6.07) is 17.8. The summed E-state index contributed by atoms with van der Waals surface area (Å²) in [6.45, 7) is 0.626. The molecule has 1 atom stereocenters. The van der Waals surface area contributed by atoms with Crippen LogP contribution in [0.4, 0.5) is 11.4 Å². The van der Waals surface area contributed by atoms with Crippen LogP contribution in [0.25, 0.3) is 0 Å². The van der Waals surface area contributed by atoms with Crippen LogP contribution >= 0.6 is 0 Å². The van der Waals surface area contributed by atoms with Crippen molar-refractivity contribution in [2.45, 2.75) is 25.2 Å².